The number of aliphatic hydroxyl groups is 1. The van der Waals surface area contributed by atoms with Gasteiger partial charge in [0.15, 0.2) is 0 Å². The van der Waals surface area contributed by atoms with Crippen molar-refractivity contribution in [1.29, 1.82) is 0 Å². The summed E-state index contributed by atoms with van der Waals surface area (Å²) in [4.78, 5) is 0. The first-order valence-corrected chi connectivity index (χ1v) is 9.02. The van der Waals surface area contributed by atoms with Gasteiger partial charge in [-0.1, -0.05) is 71.6 Å². The van der Waals surface area contributed by atoms with E-state index < -0.39 is 0 Å². The van der Waals surface area contributed by atoms with Crippen molar-refractivity contribution in [1.82, 2.24) is 0 Å². The first-order chi connectivity index (χ1) is 9.64. The fourth-order valence-electron chi connectivity index (χ4n) is 3.61. The Balaban J connectivity index is 2.18. The summed E-state index contributed by atoms with van der Waals surface area (Å²) in [5.74, 6) is 0.820. The van der Waals surface area contributed by atoms with Gasteiger partial charge in [0.1, 0.15) is 0 Å². The Kier molecular flexibility index (Phi) is 8.79. The molecule has 0 spiro atoms. The first kappa shape index (κ1) is 18.0. The van der Waals surface area contributed by atoms with Crippen LogP contribution in [0.2, 0.25) is 0 Å². The van der Waals surface area contributed by atoms with Crippen LogP contribution in [-0.2, 0) is 0 Å². The number of unbranched alkanes of at least 4 members (excludes halogenated alkanes) is 6. The van der Waals surface area contributed by atoms with Gasteiger partial charge in [-0.3, -0.25) is 0 Å². The largest absolute Gasteiger partial charge is 0.393 e. The standard InChI is InChI=1S/C18H37NO/c1-3-4-5-6-7-8-9-10-17(20)18(15-19)13-11-16(2)12-14-18/h16-17,20H,3-15,19H2,1-2H3. The Bertz CT molecular complexity index is 234. The zero-order chi connectivity index (χ0) is 14.8. The van der Waals surface area contributed by atoms with E-state index in [0.29, 0.717) is 6.54 Å². The summed E-state index contributed by atoms with van der Waals surface area (Å²) in [6, 6.07) is 0. The average molecular weight is 284 g/mol. The van der Waals surface area contributed by atoms with Crippen molar-refractivity contribution in [2.45, 2.75) is 97.0 Å². The van der Waals surface area contributed by atoms with Crippen LogP contribution in [0.4, 0.5) is 0 Å². The molecule has 0 heterocycles. The first-order valence-electron chi connectivity index (χ1n) is 9.02. The summed E-state index contributed by atoms with van der Waals surface area (Å²) in [6.45, 7) is 5.24. The van der Waals surface area contributed by atoms with Crippen LogP contribution in [0, 0.1) is 11.3 Å². The maximum absolute atomic E-state index is 10.6. The van der Waals surface area contributed by atoms with Crippen molar-refractivity contribution in [3.63, 3.8) is 0 Å². The molecule has 120 valence electrons. The molecule has 2 heteroatoms. The van der Waals surface area contributed by atoms with Gasteiger partial charge in [-0.2, -0.15) is 0 Å². The van der Waals surface area contributed by atoms with E-state index in [-0.39, 0.29) is 11.5 Å². The molecular weight excluding hydrogens is 246 g/mol. The third-order valence-corrected chi connectivity index (χ3v) is 5.46. The van der Waals surface area contributed by atoms with Gasteiger partial charge in [-0.15, -0.1) is 0 Å². The minimum Gasteiger partial charge on any atom is -0.393 e. The van der Waals surface area contributed by atoms with Gasteiger partial charge in [0.2, 0.25) is 0 Å². The van der Waals surface area contributed by atoms with Crippen molar-refractivity contribution in [3.05, 3.63) is 0 Å². The van der Waals surface area contributed by atoms with Crippen LogP contribution in [0.15, 0.2) is 0 Å². The van der Waals surface area contributed by atoms with Crippen LogP contribution in [-0.4, -0.2) is 17.8 Å². The van der Waals surface area contributed by atoms with Crippen molar-refractivity contribution in [2.75, 3.05) is 6.54 Å². The lowest BCUT2D eigenvalue weighted by Gasteiger charge is -2.42. The molecule has 0 aromatic rings. The summed E-state index contributed by atoms with van der Waals surface area (Å²) in [7, 11) is 0. The minimum absolute atomic E-state index is 0.0364. The molecule has 1 rings (SSSR count). The predicted octanol–water partition coefficient (Wildman–Crippen LogP) is 4.64. The molecule has 3 N–H and O–H groups in total. The molecule has 1 fully saturated rings. The quantitative estimate of drug-likeness (QED) is 0.574. The Labute approximate surface area is 126 Å². The highest BCUT2D eigenvalue weighted by molar-refractivity contribution is 4.91. The molecule has 0 radical (unpaired) electrons. The predicted molar refractivity (Wildman–Crippen MR) is 87.7 cm³/mol. The summed E-state index contributed by atoms with van der Waals surface area (Å²) in [6.07, 6.45) is 14.7. The van der Waals surface area contributed by atoms with Crippen LogP contribution in [0.25, 0.3) is 0 Å². The van der Waals surface area contributed by atoms with Crippen molar-refractivity contribution in [3.8, 4) is 0 Å². The molecular formula is C18H37NO. The zero-order valence-corrected chi connectivity index (χ0v) is 13.9. The second-order valence-corrected chi connectivity index (χ2v) is 7.17. The van der Waals surface area contributed by atoms with Gasteiger partial charge in [0, 0.05) is 12.0 Å². The van der Waals surface area contributed by atoms with Crippen LogP contribution >= 0.6 is 0 Å². The molecule has 1 unspecified atom stereocenters. The van der Waals surface area contributed by atoms with Crippen LogP contribution < -0.4 is 5.73 Å². The third kappa shape index (κ3) is 5.73. The highest BCUT2D eigenvalue weighted by Gasteiger charge is 2.38. The number of nitrogens with two attached hydrogens (primary N) is 1. The molecule has 1 atom stereocenters. The number of hydrogen-bond donors (Lipinski definition) is 2. The average Bonchev–Trinajstić information content (AvgIpc) is 2.47. The fourth-order valence-corrected chi connectivity index (χ4v) is 3.61. The van der Waals surface area contributed by atoms with Crippen LogP contribution in [0.5, 0.6) is 0 Å². The number of aliphatic hydroxyl groups excluding tert-OH is 1. The van der Waals surface area contributed by atoms with Crippen LogP contribution in [0.1, 0.15) is 90.9 Å². The number of rotatable bonds is 10. The molecule has 0 aromatic heterocycles. The monoisotopic (exact) mass is 283 g/mol. The van der Waals surface area contributed by atoms with Crippen molar-refractivity contribution < 1.29 is 5.11 Å². The molecule has 20 heavy (non-hydrogen) atoms. The Morgan fingerprint density at radius 2 is 1.60 bits per heavy atom. The molecule has 0 bridgehead atoms. The van der Waals surface area contributed by atoms with Gasteiger partial charge < -0.3 is 10.8 Å². The highest BCUT2D eigenvalue weighted by Crippen LogP contribution is 2.42. The highest BCUT2D eigenvalue weighted by atomic mass is 16.3. The van der Waals surface area contributed by atoms with E-state index in [0.717, 1.165) is 25.2 Å². The minimum atomic E-state index is -0.171. The normalized spacial score (nSPS) is 28.5. The van der Waals surface area contributed by atoms with E-state index in [1.165, 1.54) is 57.8 Å². The molecule has 1 aliphatic carbocycles. The van der Waals surface area contributed by atoms with E-state index in [4.69, 9.17) is 5.73 Å². The summed E-state index contributed by atoms with van der Waals surface area (Å²) < 4.78 is 0. The Hall–Kier alpha value is -0.0800. The Morgan fingerprint density at radius 3 is 2.15 bits per heavy atom. The molecule has 0 aromatic carbocycles. The molecule has 1 saturated carbocycles. The van der Waals surface area contributed by atoms with Gasteiger partial charge in [0.25, 0.3) is 0 Å². The Morgan fingerprint density at radius 1 is 1.05 bits per heavy atom. The topological polar surface area (TPSA) is 46.2 Å². The maximum Gasteiger partial charge on any atom is 0.0608 e. The van der Waals surface area contributed by atoms with E-state index in [2.05, 4.69) is 13.8 Å². The van der Waals surface area contributed by atoms with E-state index in [1.807, 2.05) is 0 Å². The lowest BCUT2D eigenvalue weighted by atomic mass is 9.66. The molecule has 0 saturated heterocycles. The molecule has 2 nitrogen and oxygen atoms in total. The third-order valence-electron chi connectivity index (χ3n) is 5.46. The molecule has 1 aliphatic rings. The van der Waals surface area contributed by atoms with Gasteiger partial charge in [-0.05, 0) is 25.2 Å². The lowest BCUT2D eigenvalue weighted by molar-refractivity contribution is -0.0127. The van der Waals surface area contributed by atoms with Crippen LogP contribution in [0.3, 0.4) is 0 Å². The summed E-state index contributed by atoms with van der Waals surface area (Å²) in [5, 5.41) is 10.6. The van der Waals surface area contributed by atoms with E-state index in [1.54, 1.807) is 0 Å². The SMILES string of the molecule is CCCCCCCCCC(O)C1(CN)CCC(C)CC1. The lowest BCUT2D eigenvalue weighted by Crippen LogP contribution is -2.44. The molecule has 0 aliphatic heterocycles. The zero-order valence-electron chi connectivity index (χ0n) is 13.9. The summed E-state index contributed by atoms with van der Waals surface area (Å²) in [5.41, 5.74) is 6.05. The fraction of sp³-hybridized carbons (Fsp3) is 1.00. The second-order valence-electron chi connectivity index (χ2n) is 7.17. The van der Waals surface area contributed by atoms with Crippen molar-refractivity contribution >= 4 is 0 Å². The van der Waals surface area contributed by atoms with E-state index >= 15 is 0 Å². The maximum atomic E-state index is 10.6. The molecule has 0 amide bonds. The van der Waals surface area contributed by atoms with Crippen molar-refractivity contribution in [2.24, 2.45) is 17.1 Å². The number of hydrogen-bond acceptors (Lipinski definition) is 2. The van der Waals surface area contributed by atoms with Gasteiger partial charge >= 0.3 is 0 Å². The second kappa shape index (κ2) is 9.78. The van der Waals surface area contributed by atoms with E-state index in [9.17, 15) is 5.11 Å². The van der Waals surface area contributed by atoms with Gasteiger partial charge in [0.05, 0.1) is 6.10 Å². The smallest absolute Gasteiger partial charge is 0.0608 e. The van der Waals surface area contributed by atoms with Gasteiger partial charge in [-0.25, -0.2) is 0 Å². The summed E-state index contributed by atoms with van der Waals surface area (Å²) >= 11 is 0.